The molecule has 0 aliphatic heterocycles. The lowest BCUT2D eigenvalue weighted by Crippen LogP contribution is -2.15. The summed E-state index contributed by atoms with van der Waals surface area (Å²) in [7, 11) is 1.46. The number of nitrogens with zero attached hydrogens (tertiary/aromatic N) is 3. The van der Waals surface area contributed by atoms with Crippen molar-refractivity contribution in [2.24, 2.45) is 7.05 Å². The maximum absolute atomic E-state index is 13.6. The van der Waals surface area contributed by atoms with Crippen LogP contribution < -0.4 is 5.32 Å². The van der Waals surface area contributed by atoms with Crippen LogP contribution in [0.25, 0.3) is 16.7 Å². The standard InChI is InChI=1S/C18H12F2N4O2/c1-24-15-8-14(20)13(19)7-11(15)16(23-24)17(25)12(9-21)18(26)22-10-5-3-2-4-6-10/h2-8,25H,1H3,(H,22,26)/b17-12-. The number of benzene rings is 2. The van der Waals surface area contributed by atoms with Gasteiger partial charge >= 0.3 is 0 Å². The molecule has 2 N–H and O–H groups in total. The number of aliphatic hydroxyl groups is 1. The van der Waals surface area contributed by atoms with E-state index in [4.69, 9.17) is 0 Å². The van der Waals surface area contributed by atoms with Crippen LogP contribution in [0.5, 0.6) is 0 Å². The monoisotopic (exact) mass is 354 g/mol. The van der Waals surface area contributed by atoms with Gasteiger partial charge in [-0.3, -0.25) is 9.48 Å². The molecule has 0 aliphatic rings. The fourth-order valence-electron chi connectivity index (χ4n) is 2.47. The quantitative estimate of drug-likeness (QED) is 0.429. The number of hydrogen-bond donors (Lipinski definition) is 2. The van der Waals surface area contributed by atoms with Crippen molar-refractivity contribution in [2.75, 3.05) is 5.32 Å². The third-order valence-corrected chi connectivity index (χ3v) is 3.72. The molecule has 26 heavy (non-hydrogen) atoms. The van der Waals surface area contributed by atoms with Crippen LogP contribution in [-0.4, -0.2) is 20.8 Å². The Morgan fingerprint density at radius 2 is 1.88 bits per heavy atom. The van der Waals surface area contributed by atoms with Crippen LogP contribution in [0.1, 0.15) is 5.69 Å². The van der Waals surface area contributed by atoms with Gasteiger partial charge in [0.05, 0.1) is 5.52 Å². The lowest BCUT2D eigenvalue weighted by Gasteiger charge is -2.05. The van der Waals surface area contributed by atoms with Gasteiger partial charge in [0.1, 0.15) is 11.8 Å². The number of carbonyl (C=O) groups is 1. The molecule has 1 aromatic heterocycles. The highest BCUT2D eigenvalue weighted by atomic mass is 19.2. The molecule has 0 atom stereocenters. The second kappa shape index (κ2) is 6.64. The predicted octanol–water partition coefficient (Wildman–Crippen LogP) is 3.28. The molecule has 0 fully saturated rings. The Morgan fingerprint density at radius 3 is 2.54 bits per heavy atom. The maximum Gasteiger partial charge on any atom is 0.270 e. The number of para-hydroxylation sites is 1. The van der Waals surface area contributed by atoms with E-state index < -0.39 is 28.9 Å². The van der Waals surface area contributed by atoms with E-state index >= 15 is 0 Å². The van der Waals surface area contributed by atoms with Crippen LogP contribution >= 0.6 is 0 Å². The Hall–Kier alpha value is -3.73. The van der Waals surface area contributed by atoms with E-state index in [1.165, 1.54) is 11.7 Å². The van der Waals surface area contributed by atoms with Gasteiger partial charge in [-0.1, -0.05) is 18.2 Å². The molecule has 0 aliphatic carbocycles. The Balaban J connectivity index is 2.09. The second-order valence-electron chi connectivity index (χ2n) is 5.41. The van der Waals surface area contributed by atoms with Crippen molar-refractivity contribution >= 4 is 28.3 Å². The normalized spacial score (nSPS) is 11.8. The number of halogens is 2. The Bertz CT molecular complexity index is 1080. The first-order chi connectivity index (χ1) is 12.4. The number of aliphatic hydroxyl groups excluding tert-OH is 1. The third kappa shape index (κ3) is 2.98. The Kier molecular flexibility index (Phi) is 4.37. The van der Waals surface area contributed by atoms with E-state index in [0.717, 1.165) is 12.1 Å². The molecule has 8 heteroatoms. The minimum Gasteiger partial charge on any atom is -0.504 e. The van der Waals surface area contributed by atoms with Gasteiger partial charge in [-0.15, -0.1) is 0 Å². The zero-order valence-electron chi connectivity index (χ0n) is 13.5. The van der Waals surface area contributed by atoms with Crippen molar-refractivity contribution in [2.45, 2.75) is 0 Å². The van der Waals surface area contributed by atoms with E-state index in [1.807, 2.05) is 0 Å². The summed E-state index contributed by atoms with van der Waals surface area (Å²) in [5.74, 6) is -3.78. The number of anilines is 1. The fraction of sp³-hybridized carbons (Fsp3) is 0.0556. The summed E-state index contributed by atoms with van der Waals surface area (Å²) in [6.45, 7) is 0. The highest BCUT2D eigenvalue weighted by Gasteiger charge is 2.22. The number of carbonyl (C=O) groups excluding carboxylic acids is 1. The first-order valence-corrected chi connectivity index (χ1v) is 7.44. The third-order valence-electron chi connectivity index (χ3n) is 3.72. The second-order valence-corrected chi connectivity index (χ2v) is 5.41. The molecule has 0 spiro atoms. The summed E-state index contributed by atoms with van der Waals surface area (Å²) in [6.07, 6.45) is 0. The van der Waals surface area contributed by atoms with Crippen LogP contribution in [-0.2, 0) is 11.8 Å². The van der Waals surface area contributed by atoms with Gasteiger partial charge in [0, 0.05) is 24.2 Å². The van der Waals surface area contributed by atoms with Crippen molar-refractivity contribution in [3.8, 4) is 6.07 Å². The van der Waals surface area contributed by atoms with Crippen LogP contribution in [0, 0.1) is 23.0 Å². The topological polar surface area (TPSA) is 90.9 Å². The zero-order valence-corrected chi connectivity index (χ0v) is 13.5. The number of rotatable bonds is 3. The van der Waals surface area contributed by atoms with Gasteiger partial charge in [-0.25, -0.2) is 8.78 Å². The number of nitrogens with one attached hydrogen (secondary N) is 1. The molecule has 6 nitrogen and oxygen atoms in total. The van der Waals surface area contributed by atoms with Crippen molar-refractivity contribution < 1.29 is 18.7 Å². The van der Waals surface area contributed by atoms with Gasteiger partial charge in [0.25, 0.3) is 5.91 Å². The van der Waals surface area contributed by atoms with Crippen molar-refractivity contribution in [3.63, 3.8) is 0 Å². The summed E-state index contributed by atoms with van der Waals surface area (Å²) in [5.41, 5.74) is -0.164. The van der Waals surface area contributed by atoms with Gasteiger partial charge in [0.2, 0.25) is 0 Å². The first kappa shape index (κ1) is 17.1. The minimum atomic E-state index is -1.13. The first-order valence-electron chi connectivity index (χ1n) is 7.44. The SMILES string of the molecule is Cn1nc(/C(O)=C(\C#N)C(=O)Nc2ccccc2)c2cc(F)c(F)cc21. The van der Waals surface area contributed by atoms with E-state index in [2.05, 4.69) is 10.4 Å². The van der Waals surface area contributed by atoms with E-state index in [-0.39, 0.29) is 16.6 Å². The van der Waals surface area contributed by atoms with Crippen LogP contribution in [0.2, 0.25) is 0 Å². The predicted molar refractivity (Wildman–Crippen MR) is 90.9 cm³/mol. The van der Waals surface area contributed by atoms with Gasteiger partial charge in [-0.2, -0.15) is 10.4 Å². The number of fused-ring (bicyclic) bond motifs is 1. The van der Waals surface area contributed by atoms with E-state index in [1.54, 1.807) is 36.4 Å². The Morgan fingerprint density at radius 1 is 1.23 bits per heavy atom. The molecule has 0 unspecified atom stereocenters. The summed E-state index contributed by atoms with van der Waals surface area (Å²) in [4.78, 5) is 12.3. The summed E-state index contributed by atoms with van der Waals surface area (Å²) in [5, 5.41) is 26.2. The molecule has 130 valence electrons. The minimum absolute atomic E-state index is 0.0733. The molecule has 0 saturated heterocycles. The average Bonchev–Trinajstić information content (AvgIpc) is 2.93. The average molecular weight is 354 g/mol. The smallest absolute Gasteiger partial charge is 0.270 e. The van der Waals surface area contributed by atoms with Crippen molar-refractivity contribution in [3.05, 3.63) is 65.4 Å². The van der Waals surface area contributed by atoms with Crippen molar-refractivity contribution in [1.29, 1.82) is 5.26 Å². The molecule has 0 radical (unpaired) electrons. The zero-order chi connectivity index (χ0) is 18.8. The maximum atomic E-state index is 13.6. The lowest BCUT2D eigenvalue weighted by molar-refractivity contribution is -0.112. The lowest BCUT2D eigenvalue weighted by atomic mass is 10.1. The summed E-state index contributed by atoms with van der Waals surface area (Å²) in [6, 6.07) is 11.7. The molecular formula is C18H12F2N4O2. The van der Waals surface area contributed by atoms with Gasteiger partial charge in [0.15, 0.2) is 23.0 Å². The molecule has 0 saturated carbocycles. The summed E-state index contributed by atoms with van der Waals surface area (Å²) < 4.78 is 28.2. The van der Waals surface area contributed by atoms with E-state index in [0.29, 0.717) is 5.69 Å². The number of hydrogen-bond acceptors (Lipinski definition) is 4. The summed E-state index contributed by atoms with van der Waals surface area (Å²) >= 11 is 0. The van der Waals surface area contributed by atoms with E-state index in [9.17, 15) is 23.9 Å². The molecule has 3 rings (SSSR count). The van der Waals surface area contributed by atoms with Crippen LogP contribution in [0.3, 0.4) is 0 Å². The molecule has 1 amide bonds. The number of nitriles is 1. The van der Waals surface area contributed by atoms with Crippen LogP contribution in [0.15, 0.2) is 48.0 Å². The number of amides is 1. The molecule has 0 bridgehead atoms. The molecule has 2 aromatic carbocycles. The number of aryl methyl sites for hydroxylation is 1. The highest BCUT2D eigenvalue weighted by molar-refractivity contribution is 6.12. The fourth-order valence-corrected chi connectivity index (χ4v) is 2.47. The van der Waals surface area contributed by atoms with Gasteiger partial charge < -0.3 is 10.4 Å². The van der Waals surface area contributed by atoms with Gasteiger partial charge in [-0.05, 0) is 18.2 Å². The number of aromatic nitrogens is 2. The van der Waals surface area contributed by atoms with Crippen LogP contribution in [0.4, 0.5) is 14.5 Å². The highest BCUT2D eigenvalue weighted by Crippen LogP contribution is 2.27. The van der Waals surface area contributed by atoms with Crippen molar-refractivity contribution in [1.82, 2.24) is 9.78 Å². The Labute approximate surface area is 146 Å². The largest absolute Gasteiger partial charge is 0.504 e. The molecular weight excluding hydrogens is 342 g/mol. The molecule has 1 heterocycles. The molecule has 3 aromatic rings.